The third kappa shape index (κ3) is 2.99. The van der Waals surface area contributed by atoms with Gasteiger partial charge in [-0.3, -0.25) is 0 Å². The van der Waals surface area contributed by atoms with Gasteiger partial charge in [-0.15, -0.1) is 0 Å². The third-order valence-electron chi connectivity index (χ3n) is 2.86. The van der Waals surface area contributed by atoms with Gasteiger partial charge in [-0.05, 0) is 6.42 Å². The summed E-state index contributed by atoms with van der Waals surface area (Å²) in [6.45, 7) is 0.759. The molecule has 2 unspecified atom stereocenters. The molecule has 1 aromatic rings. The van der Waals surface area contributed by atoms with E-state index in [0.29, 0.717) is 0 Å². The zero-order valence-electron chi connectivity index (χ0n) is 9.50. The van der Waals surface area contributed by atoms with Crippen molar-refractivity contribution < 1.29 is 9.84 Å². The molecule has 2 atom stereocenters. The van der Waals surface area contributed by atoms with Gasteiger partial charge in [0.2, 0.25) is 0 Å². The molecule has 1 N–H and O–H groups in total. The molecule has 0 bridgehead atoms. The first-order valence-electron chi connectivity index (χ1n) is 5.61. The van der Waals surface area contributed by atoms with Crippen molar-refractivity contribution in [1.82, 2.24) is 9.55 Å². The number of thioether (sulfide) groups is 1. The van der Waals surface area contributed by atoms with E-state index in [-0.39, 0.29) is 12.2 Å². The molecule has 16 heavy (non-hydrogen) atoms. The number of hydrogen-bond acceptors (Lipinski definition) is 4. The number of aliphatic hydroxyl groups is 1. The Balaban J connectivity index is 1.78. The third-order valence-corrected chi connectivity index (χ3v) is 3.88. The molecule has 1 fully saturated rings. The van der Waals surface area contributed by atoms with E-state index in [1.54, 1.807) is 6.20 Å². The number of hydrogen-bond donors (Lipinski definition) is 1. The van der Waals surface area contributed by atoms with Gasteiger partial charge >= 0.3 is 0 Å². The van der Waals surface area contributed by atoms with Crippen molar-refractivity contribution in [1.29, 1.82) is 0 Å². The topological polar surface area (TPSA) is 47.3 Å². The Morgan fingerprint density at radius 1 is 1.75 bits per heavy atom. The van der Waals surface area contributed by atoms with Gasteiger partial charge in [-0.1, -0.05) is 0 Å². The lowest BCUT2D eigenvalue weighted by molar-refractivity contribution is -0.0247. The summed E-state index contributed by atoms with van der Waals surface area (Å²) in [6.07, 6.45) is 4.86. The molecule has 1 aliphatic rings. The molecule has 0 spiro atoms. The van der Waals surface area contributed by atoms with Crippen LogP contribution in [-0.2, 0) is 18.2 Å². The Bertz CT molecular complexity index is 324. The summed E-state index contributed by atoms with van der Waals surface area (Å²) in [5, 5.41) is 9.99. The van der Waals surface area contributed by atoms with Crippen LogP contribution < -0.4 is 0 Å². The van der Waals surface area contributed by atoms with Gasteiger partial charge in [0.25, 0.3) is 0 Å². The number of nitrogens with zero attached hydrogens (tertiary/aromatic N) is 2. The maximum Gasteiger partial charge on any atom is 0.108 e. The predicted octanol–water partition coefficient (Wildman–Crippen LogP) is 0.846. The fraction of sp³-hybridized carbons (Fsp3) is 0.727. The SMILES string of the molecule is Cn1ccnc1CCC(O)C1CSCCO1. The van der Waals surface area contributed by atoms with E-state index in [2.05, 4.69) is 4.98 Å². The standard InChI is InChI=1S/C11H18N2O2S/c1-13-5-4-12-11(13)3-2-9(14)10-8-16-7-6-15-10/h4-5,9-10,14H,2-3,6-8H2,1H3. The number of imidazole rings is 1. The molecule has 0 amide bonds. The molecule has 1 saturated heterocycles. The van der Waals surface area contributed by atoms with Crippen LogP contribution in [0.15, 0.2) is 12.4 Å². The molecule has 5 heteroatoms. The number of aryl methyl sites for hydroxylation is 2. The van der Waals surface area contributed by atoms with Gasteiger partial charge in [0.1, 0.15) is 5.82 Å². The highest BCUT2D eigenvalue weighted by Gasteiger charge is 2.22. The van der Waals surface area contributed by atoms with Crippen LogP contribution >= 0.6 is 11.8 Å². The van der Waals surface area contributed by atoms with Crippen molar-refractivity contribution in [3.63, 3.8) is 0 Å². The molecule has 90 valence electrons. The van der Waals surface area contributed by atoms with Crippen molar-refractivity contribution >= 4 is 11.8 Å². The smallest absolute Gasteiger partial charge is 0.108 e. The molecule has 4 nitrogen and oxygen atoms in total. The molecule has 0 saturated carbocycles. The molecule has 1 aromatic heterocycles. The van der Waals surface area contributed by atoms with E-state index in [1.807, 2.05) is 29.6 Å². The van der Waals surface area contributed by atoms with Crippen LogP contribution in [0.1, 0.15) is 12.2 Å². The molecule has 1 aliphatic heterocycles. The van der Waals surface area contributed by atoms with Gasteiger partial charge in [0, 0.05) is 37.4 Å². The second kappa shape index (κ2) is 5.70. The average Bonchev–Trinajstić information content (AvgIpc) is 2.73. The second-order valence-electron chi connectivity index (χ2n) is 4.04. The van der Waals surface area contributed by atoms with Gasteiger partial charge in [-0.2, -0.15) is 11.8 Å². The summed E-state index contributed by atoms with van der Waals surface area (Å²) in [4.78, 5) is 4.24. The van der Waals surface area contributed by atoms with Gasteiger partial charge in [0.05, 0.1) is 18.8 Å². The minimum absolute atomic E-state index is 0.000909. The maximum atomic E-state index is 9.99. The van der Waals surface area contributed by atoms with Crippen LogP contribution in [0, 0.1) is 0 Å². The summed E-state index contributed by atoms with van der Waals surface area (Å²) < 4.78 is 7.53. The fourth-order valence-corrected chi connectivity index (χ4v) is 2.76. The van der Waals surface area contributed by atoms with Crippen molar-refractivity contribution in [3.8, 4) is 0 Å². The van der Waals surface area contributed by atoms with E-state index in [9.17, 15) is 5.11 Å². The maximum absolute atomic E-state index is 9.99. The van der Waals surface area contributed by atoms with E-state index in [0.717, 1.165) is 36.8 Å². The second-order valence-corrected chi connectivity index (χ2v) is 5.19. The number of aromatic nitrogens is 2. The van der Waals surface area contributed by atoms with Crippen molar-refractivity contribution in [2.45, 2.75) is 25.0 Å². The molecule has 2 heterocycles. The summed E-state index contributed by atoms with van der Waals surface area (Å²) >= 11 is 1.85. The van der Waals surface area contributed by atoms with Crippen molar-refractivity contribution in [2.75, 3.05) is 18.1 Å². The minimum Gasteiger partial charge on any atom is -0.390 e. The summed E-state index contributed by atoms with van der Waals surface area (Å²) in [5.41, 5.74) is 0. The normalized spacial score (nSPS) is 23.2. The zero-order valence-corrected chi connectivity index (χ0v) is 10.3. The zero-order chi connectivity index (χ0) is 11.4. The Labute approximate surface area is 100 Å². The van der Waals surface area contributed by atoms with Crippen LogP contribution in [0.5, 0.6) is 0 Å². The van der Waals surface area contributed by atoms with E-state index in [4.69, 9.17) is 4.74 Å². The van der Waals surface area contributed by atoms with E-state index < -0.39 is 0 Å². The van der Waals surface area contributed by atoms with Crippen LogP contribution in [0.25, 0.3) is 0 Å². The van der Waals surface area contributed by atoms with E-state index >= 15 is 0 Å². The highest BCUT2D eigenvalue weighted by molar-refractivity contribution is 7.99. The Kier molecular flexibility index (Phi) is 4.26. The number of rotatable bonds is 4. The molecular formula is C11H18N2O2S. The molecule has 0 radical (unpaired) electrons. The Morgan fingerprint density at radius 2 is 2.62 bits per heavy atom. The fourth-order valence-electron chi connectivity index (χ4n) is 1.83. The van der Waals surface area contributed by atoms with Crippen LogP contribution in [0.4, 0.5) is 0 Å². The van der Waals surface area contributed by atoms with Crippen LogP contribution in [0.2, 0.25) is 0 Å². The quantitative estimate of drug-likeness (QED) is 0.850. The Hall–Kier alpha value is -0.520. The average molecular weight is 242 g/mol. The lowest BCUT2D eigenvalue weighted by atomic mass is 10.1. The van der Waals surface area contributed by atoms with Crippen LogP contribution in [-0.4, -0.2) is 45.0 Å². The molecule has 0 aliphatic carbocycles. The first kappa shape index (κ1) is 12.0. The number of aliphatic hydroxyl groups excluding tert-OH is 1. The predicted molar refractivity (Wildman–Crippen MR) is 64.6 cm³/mol. The first-order chi connectivity index (χ1) is 7.77. The first-order valence-corrected chi connectivity index (χ1v) is 6.76. The Morgan fingerprint density at radius 3 is 3.25 bits per heavy atom. The molecule has 0 aromatic carbocycles. The monoisotopic (exact) mass is 242 g/mol. The van der Waals surface area contributed by atoms with Gasteiger partial charge < -0.3 is 14.4 Å². The lowest BCUT2D eigenvalue weighted by Gasteiger charge is -2.26. The summed E-state index contributed by atoms with van der Waals surface area (Å²) in [6, 6.07) is 0. The largest absolute Gasteiger partial charge is 0.390 e. The van der Waals surface area contributed by atoms with Crippen molar-refractivity contribution in [3.05, 3.63) is 18.2 Å². The molecule has 2 rings (SSSR count). The van der Waals surface area contributed by atoms with E-state index in [1.165, 1.54) is 0 Å². The number of ether oxygens (including phenoxy) is 1. The van der Waals surface area contributed by atoms with Crippen LogP contribution in [0.3, 0.4) is 0 Å². The van der Waals surface area contributed by atoms with Crippen molar-refractivity contribution in [2.24, 2.45) is 7.05 Å². The van der Waals surface area contributed by atoms with Gasteiger partial charge in [0.15, 0.2) is 0 Å². The van der Waals surface area contributed by atoms with Gasteiger partial charge in [-0.25, -0.2) is 4.98 Å². The lowest BCUT2D eigenvalue weighted by Crippen LogP contribution is -2.35. The molecular weight excluding hydrogens is 224 g/mol. The summed E-state index contributed by atoms with van der Waals surface area (Å²) in [7, 11) is 1.97. The highest BCUT2D eigenvalue weighted by Crippen LogP contribution is 2.18. The minimum atomic E-state index is -0.371. The summed E-state index contributed by atoms with van der Waals surface area (Å²) in [5.74, 6) is 2.96. The highest BCUT2D eigenvalue weighted by atomic mass is 32.2.